The summed E-state index contributed by atoms with van der Waals surface area (Å²) in [4.78, 5) is 0. The van der Waals surface area contributed by atoms with E-state index in [0.717, 1.165) is 12.0 Å². The first kappa shape index (κ1) is 9.01. The average Bonchev–Trinajstić information content (AvgIpc) is 2.06. The Morgan fingerprint density at radius 2 is 2.09 bits per heavy atom. The molecule has 0 aromatic heterocycles. The SMILES string of the molecule is CNC[C@@H]1CCC[C@H](NC)C1. The molecule has 0 saturated heterocycles. The lowest BCUT2D eigenvalue weighted by atomic mass is 9.86. The average molecular weight is 156 g/mol. The molecule has 0 amide bonds. The maximum absolute atomic E-state index is 3.36. The Morgan fingerprint density at radius 1 is 1.27 bits per heavy atom. The molecule has 1 aliphatic rings. The molecule has 0 spiro atoms. The second-order valence-electron chi connectivity index (χ2n) is 3.58. The zero-order valence-corrected chi connectivity index (χ0v) is 7.69. The lowest BCUT2D eigenvalue weighted by Crippen LogP contribution is -2.34. The molecule has 0 aliphatic heterocycles. The summed E-state index contributed by atoms with van der Waals surface area (Å²) in [6.07, 6.45) is 5.55. The van der Waals surface area contributed by atoms with Crippen LogP contribution in [-0.2, 0) is 0 Å². The minimum Gasteiger partial charge on any atom is -0.319 e. The van der Waals surface area contributed by atoms with Gasteiger partial charge in [-0.1, -0.05) is 6.42 Å². The Kier molecular flexibility index (Phi) is 3.87. The van der Waals surface area contributed by atoms with Crippen molar-refractivity contribution in [2.75, 3.05) is 20.6 Å². The predicted octanol–water partition coefficient (Wildman–Crippen LogP) is 0.984. The van der Waals surface area contributed by atoms with Crippen LogP contribution in [-0.4, -0.2) is 26.7 Å². The third kappa shape index (κ3) is 2.80. The molecule has 2 atom stereocenters. The van der Waals surface area contributed by atoms with Gasteiger partial charge in [-0.3, -0.25) is 0 Å². The van der Waals surface area contributed by atoms with Gasteiger partial charge in [0.05, 0.1) is 0 Å². The summed E-state index contributed by atoms with van der Waals surface area (Å²) in [5.41, 5.74) is 0. The summed E-state index contributed by atoms with van der Waals surface area (Å²) in [6, 6.07) is 0.780. The van der Waals surface area contributed by atoms with Crippen molar-refractivity contribution >= 4 is 0 Å². The molecule has 0 aromatic rings. The molecule has 0 radical (unpaired) electrons. The molecule has 1 saturated carbocycles. The van der Waals surface area contributed by atoms with Crippen molar-refractivity contribution < 1.29 is 0 Å². The van der Waals surface area contributed by atoms with E-state index in [-0.39, 0.29) is 0 Å². The van der Waals surface area contributed by atoms with Crippen LogP contribution >= 0.6 is 0 Å². The van der Waals surface area contributed by atoms with Crippen molar-refractivity contribution in [3.63, 3.8) is 0 Å². The van der Waals surface area contributed by atoms with Crippen LogP contribution in [0.25, 0.3) is 0 Å². The summed E-state index contributed by atoms with van der Waals surface area (Å²) in [5.74, 6) is 0.909. The predicted molar refractivity (Wildman–Crippen MR) is 48.7 cm³/mol. The van der Waals surface area contributed by atoms with Crippen molar-refractivity contribution in [1.82, 2.24) is 10.6 Å². The van der Waals surface area contributed by atoms with E-state index in [1.54, 1.807) is 0 Å². The van der Waals surface area contributed by atoms with Gasteiger partial charge in [0, 0.05) is 6.04 Å². The van der Waals surface area contributed by atoms with E-state index in [1.165, 1.54) is 32.2 Å². The van der Waals surface area contributed by atoms with Gasteiger partial charge in [0.25, 0.3) is 0 Å². The van der Waals surface area contributed by atoms with Crippen molar-refractivity contribution in [1.29, 1.82) is 0 Å². The Morgan fingerprint density at radius 3 is 2.73 bits per heavy atom. The van der Waals surface area contributed by atoms with Crippen molar-refractivity contribution in [3.8, 4) is 0 Å². The summed E-state index contributed by atoms with van der Waals surface area (Å²) in [7, 11) is 4.12. The van der Waals surface area contributed by atoms with E-state index in [0.29, 0.717) is 0 Å². The third-order valence-electron chi connectivity index (χ3n) is 2.68. The zero-order valence-electron chi connectivity index (χ0n) is 7.69. The van der Waals surface area contributed by atoms with Crippen molar-refractivity contribution in [3.05, 3.63) is 0 Å². The molecule has 0 heterocycles. The van der Waals surface area contributed by atoms with Crippen LogP contribution in [0.4, 0.5) is 0 Å². The van der Waals surface area contributed by atoms with Crippen molar-refractivity contribution in [2.24, 2.45) is 5.92 Å². The van der Waals surface area contributed by atoms with Gasteiger partial charge in [-0.2, -0.15) is 0 Å². The Labute approximate surface area is 69.8 Å². The first-order chi connectivity index (χ1) is 5.36. The maximum atomic E-state index is 3.36. The van der Waals surface area contributed by atoms with E-state index in [2.05, 4.69) is 17.7 Å². The molecular formula is C9H20N2. The molecule has 1 aliphatic carbocycles. The zero-order chi connectivity index (χ0) is 8.10. The molecule has 1 rings (SSSR count). The van der Waals surface area contributed by atoms with E-state index in [4.69, 9.17) is 0 Å². The van der Waals surface area contributed by atoms with Crippen molar-refractivity contribution in [2.45, 2.75) is 31.7 Å². The molecule has 0 aromatic carbocycles. The molecule has 2 N–H and O–H groups in total. The highest BCUT2D eigenvalue weighted by Crippen LogP contribution is 2.23. The number of hydrogen-bond donors (Lipinski definition) is 2. The van der Waals surface area contributed by atoms with Crippen LogP contribution in [0.1, 0.15) is 25.7 Å². The fourth-order valence-corrected chi connectivity index (χ4v) is 2.03. The van der Waals surface area contributed by atoms with E-state index in [1.807, 2.05) is 7.05 Å². The topological polar surface area (TPSA) is 24.1 Å². The van der Waals surface area contributed by atoms with Crippen LogP contribution in [0.15, 0.2) is 0 Å². The lowest BCUT2D eigenvalue weighted by molar-refractivity contribution is 0.291. The monoisotopic (exact) mass is 156 g/mol. The van der Waals surface area contributed by atoms with Gasteiger partial charge in [-0.25, -0.2) is 0 Å². The minimum absolute atomic E-state index is 0.780. The van der Waals surface area contributed by atoms with Gasteiger partial charge in [0.2, 0.25) is 0 Å². The highest BCUT2D eigenvalue weighted by Gasteiger charge is 2.19. The first-order valence-corrected chi connectivity index (χ1v) is 4.68. The van der Waals surface area contributed by atoms with Gasteiger partial charge in [0.1, 0.15) is 0 Å². The van der Waals surface area contributed by atoms with E-state index < -0.39 is 0 Å². The summed E-state index contributed by atoms with van der Waals surface area (Å²) < 4.78 is 0. The van der Waals surface area contributed by atoms with Gasteiger partial charge >= 0.3 is 0 Å². The van der Waals surface area contributed by atoms with E-state index >= 15 is 0 Å². The van der Waals surface area contributed by atoms with Crippen LogP contribution in [0, 0.1) is 5.92 Å². The highest BCUT2D eigenvalue weighted by molar-refractivity contribution is 4.77. The van der Waals surface area contributed by atoms with Crippen LogP contribution < -0.4 is 10.6 Å². The standard InChI is InChI=1S/C9H20N2/c1-10-7-8-4-3-5-9(6-8)11-2/h8-11H,3-7H2,1-2H3/t8-,9+/m1/s1. The first-order valence-electron chi connectivity index (χ1n) is 4.68. The van der Waals surface area contributed by atoms with Gasteiger partial charge in [0.15, 0.2) is 0 Å². The molecule has 11 heavy (non-hydrogen) atoms. The fourth-order valence-electron chi connectivity index (χ4n) is 2.03. The van der Waals surface area contributed by atoms with Crippen LogP contribution in [0.2, 0.25) is 0 Å². The summed E-state index contributed by atoms with van der Waals surface area (Å²) >= 11 is 0. The third-order valence-corrected chi connectivity index (χ3v) is 2.68. The summed E-state index contributed by atoms with van der Waals surface area (Å²) in [6.45, 7) is 1.19. The lowest BCUT2D eigenvalue weighted by Gasteiger charge is -2.28. The largest absolute Gasteiger partial charge is 0.319 e. The molecule has 1 fully saturated rings. The van der Waals surface area contributed by atoms with E-state index in [9.17, 15) is 0 Å². The summed E-state index contributed by atoms with van der Waals surface area (Å²) in [5, 5.41) is 6.62. The number of hydrogen-bond acceptors (Lipinski definition) is 2. The maximum Gasteiger partial charge on any atom is 0.00671 e. The smallest absolute Gasteiger partial charge is 0.00671 e. The molecule has 2 heteroatoms. The van der Waals surface area contributed by atoms with Gasteiger partial charge in [-0.15, -0.1) is 0 Å². The fraction of sp³-hybridized carbons (Fsp3) is 1.00. The van der Waals surface area contributed by atoms with Crippen LogP contribution in [0.3, 0.4) is 0 Å². The molecular weight excluding hydrogens is 136 g/mol. The Balaban J connectivity index is 2.21. The van der Waals surface area contributed by atoms with Gasteiger partial charge in [-0.05, 0) is 45.8 Å². The van der Waals surface area contributed by atoms with Gasteiger partial charge < -0.3 is 10.6 Å². The normalized spacial score (nSPS) is 32.2. The Bertz CT molecular complexity index is 102. The second kappa shape index (κ2) is 4.73. The van der Waals surface area contributed by atoms with Crippen LogP contribution in [0.5, 0.6) is 0 Å². The number of nitrogens with one attached hydrogen (secondary N) is 2. The minimum atomic E-state index is 0.780. The highest BCUT2D eigenvalue weighted by atomic mass is 14.9. The molecule has 2 nitrogen and oxygen atoms in total. The molecule has 0 bridgehead atoms. The molecule has 0 unspecified atom stereocenters. The number of rotatable bonds is 3. The second-order valence-corrected chi connectivity index (χ2v) is 3.58. The quantitative estimate of drug-likeness (QED) is 0.636. The molecule has 66 valence electrons. The Hall–Kier alpha value is -0.0800.